The van der Waals surface area contributed by atoms with Crippen LogP contribution in [0.4, 0.5) is 11.4 Å². The normalized spacial score (nSPS) is 9.81. The second kappa shape index (κ2) is 6.07. The number of rotatable bonds is 3. The van der Waals surface area contributed by atoms with E-state index in [2.05, 4.69) is 5.43 Å². The Hall–Kier alpha value is -2.84. The SMILES string of the molecule is Cc1ccc(NN)c(C(=O)N(C)c2ccc(C#N)cc2)c1. The lowest BCUT2D eigenvalue weighted by atomic mass is 10.1. The molecule has 0 radical (unpaired) electrons. The molecule has 0 saturated carbocycles. The largest absolute Gasteiger partial charge is 0.323 e. The number of hydrazine groups is 1. The molecule has 0 bridgehead atoms. The summed E-state index contributed by atoms with van der Waals surface area (Å²) in [7, 11) is 1.69. The number of nitrogens with zero attached hydrogens (tertiary/aromatic N) is 2. The third-order valence-electron chi connectivity index (χ3n) is 3.25. The topological polar surface area (TPSA) is 82.2 Å². The van der Waals surface area contributed by atoms with Crippen molar-refractivity contribution in [1.82, 2.24) is 0 Å². The minimum atomic E-state index is -0.170. The number of carbonyl (C=O) groups is 1. The summed E-state index contributed by atoms with van der Waals surface area (Å²) in [6, 6.07) is 14.3. The van der Waals surface area contributed by atoms with Crippen molar-refractivity contribution in [2.24, 2.45) is 5.84 Å². The lowest BCUT2D eigenvalue weighted by Gasteiger charge is -2.19. The molecule has 3 N–H and O–H groups in total. The van der Waals surface area contributed by atoms with Crippen molar-refractivity contribution < 1.29 is 4.79 Å². The number of nitrogens with one attached hydrogen (secondary N) is 1. The van der Waals surface area contributed by atoms with Gasteiger partial charge in [-0.1, -0.05) is 11.6 Å². The van der Waals surface area contributed by atoms with Gasteiger partial charge in [0.25, 0.3) is 5.91 Å². The van der Waals surface area contributed by atoms with Crippen LogP contribution in [-0.4, -0.2) is 13.0 Å². The first-order valence-electron chi connectivity index (χ1n) is 6.42. The zero-order chi connectivity index (χ0) is 15.4. The van der Waals surface area contributed by atoms with E-state index in [4.69, 9.17) is 11.1 Å². The van der Waals surface area contributed by atoms with Gasteiger partial charge in [0.1, 0.15) is 0 Å². The number of aryl methyl sites for hydroxylation is 1. The predicted octanol–water partition coefficient (Wildman–Crippen LogP) is 2.43. The van der Waals surface area contributed by atoms with E-state index in [0.717, 1.165) is 5.56 Å². The summed E-state index contributed by atoms with van der Waals surface area (Å²) >= 11 is 0. The molecule has 2 aromatic carbocycles. The summed E-state index contributed by atoms with van der Waals surface area (Å²) < 4.78 is 0. The number of anilines is 2. The molecule has 0 unspecified atom stereocenters. The minimum Gasteiger partial charge on any atom is -0.323 e. The highest BCUT2D eigenvalue weighted by Gasteiger charge is 2.17. The first-order valence-corrected chi connectivity index (χ1v) is 6.42. The number of nitrogens with two attached hydrogens (primary N) is 1. The number of hydrogen-bond acceptors (Lipinski definition) is 4. The van der Waals surface area contributed by atoms with Gasteiger partial charge >= 0.3 is 0 Å². The first-order chi connectivity index (χ1) is 10.1. The second-order valence-corrected chi connectivity index (χ2v) is 4.72. The molecule has 0 aliphatic heterocycles. The van der Waals surface area contributed by atoms with Gasteiger partial charge in [-0.05, 0) is 43.3 Å². The Morgan fingerprint density at radius 1 is 1.24 bits per heavy atom. The average Bonchev–Trinajstić information content (AvgIpc) is 2.53. The van der Waals surface area contributed by atoms with Crippen LogP contribution in [0.5, 0.6) is 0 Å². The number of benzene rings is 2. The fourth-order valence-electron chi connectivity index (χ4n) is 2.02. The maximum Gasteiger partial charge on any atom is 0.260 e. The number of hydrogen-bond donors (Lipinski definition) is 2. The molecule has 0 aliphatic rings. The molecule has 0 atom stereocenters. The molecule has 0 spiro atoms. The van der Waals surface area contributed by atoms with Crippen molar-refractivity contribution in [1.29, 1.82) is 5.26 Å². The lowest BCUT2D eigenvalue weighted by Crippen LogP contribution is -2.27. The lowest BCUT2D eigenvalue weighted by molar-refractivity contribution is 0.0993. The van der Waals surface area contributed by atoms with Crippen LogP contribution in [0, 0.1) is 18.3 Å². The molecular weight excluding hydrogens is 264 g/mol. The molecule has 2 rings (SSSR count). The molecule has 21 heavy (non-hydrogen) atoms. The van der Waals surface area contributed by atoms with Crippen LogP contribution in [0.2, 0.25) is 0 Å². The van der Waals surface area contributed by atoms with Crippen LogP contribution in [0.1, 0.15) is 21.5 Å². The van der Waals surface area contributed by atoms with E-state index in [1.54, 1.807) is 43.4 Å². The van der Waals surface area contributed by atoms with E-state index < -0.39 is 0 Å². The summed E-state index contributed by atoms with van der Waals surface area (Å²) in [4.78, 5) is 14.1. The quantitative estimate of drug-likeness (QED) is 0.668. The van der Waals surface area contributed by atoms with E-state index in [9.17, 15) is 4.79 Å². The highest BCUT2D eigenvalue weighted by atomic mass is 16.2. The van der Waals surface area contributed by atoms with Crippen LogP contribution < -0.4 is 16.2 Å². The van der Waals surface area contributed by atoms with Gasteiger partial charge < -0.3 is 10.3 Å². The minimum absolute atomic E-state index is 0.170. The zero-order valence-corrected chi connectivity index (χ0v) is 11.9. The van der Waals surface area contributed by atoms with Gasteiger partial charge in [0.05, 0.1) is 22.9 Å². The summed E-state index contributed by atoms with van der Waals surface area (Å²) in [6.07, 6.45) is 0. The fourth-order valence-corrected chi connectivity index (χ4v) is 2.02. The molecule has 0 aromatic heterocycles. The Labute approximate surface area is 123 Å². The van der Waals surface area contributed by atoms with Crippen LogP contribution in [0.25, 0.3) is 0 Å². The number of carbonyl (C=O) groups excluding carboxylic acids is 1. The van der Waals surface area contributed by atoms with Crippen molar-refractivity contribution in [3.63, 3.8) is 0 Å². The Morgan fingerprint density at radius 2 is 1.90 bits per heavy atom. The highest BCUT2D eigenvalue weighted by molar-refractivity contribution is 6.09. The van der Waals surface area contributed by atoms with E-state index in [-0.39, 0.29) is 5.91 Å². The molecule has 0 aliphatic carbocycles. The Kier molecular flexibility index (Phi) is 4.21. The van der Waals surface area contributed by atoms with Crippen LogP contribution in [0.3, 0.4) is 0 Å². The van der Waals surface area contributed by atoms with E-state index in [1.165, 1.54) is 4.90 Å². The number of amides is 1. The summed E-state index contributed by atoms with van der Waals surface area (Å²) in [5.74, 6) is 5.29. The maximum atomic E-state index is 12.6. The average molecular weight is 280 g/mol. The van der Waals surface area contributed by atoms with E-state index >= 15 is 0 Å². The molecule has 5 nitrogen and oxygen atoms in total. The van der Waals surface area contributed by atoms with Gasteiger partial charge in [-0.2, -0.15) is 5.26 Å². The highest BCUT2D eigenvalue weighted by Crippen LogP contribution is 2.21. The fraction of sp³-hybridized carbons (Fsp3) is 0.125. The van der Waals surface area contributed by atoms with Gasteiger partial charge in [0, 0.05) is 12.7 Å². The third kappa shape index (κ3) is 3.02. The van der Waals surface area contributed by atoms with Crippen molar-refractivity contribution in [2.75, 3.05) is 17.4 Å². The van der Waals surface area contributed by atoms with Crippen LogP contribution in [0.15, 0.2) is 42.5 Å². The van der Waals surface area contributed by atoms with Crippen molar-refractivity contribution in [3.8, 4) is 6.07 Å². The predicted molar refractivity (Wildman–Crippen MR) is 82.9 cm³/mol. The Morgan fingerprint density at radius 3 is 2.48 bits per heavy atom. The van der Waals surface area contributed by atoms with Crippen LogP contribution >= 0.6 is 0 Å². The van der Waals surface area contributed by atoms with Gasteiger partial charge in [-0.3, -0.25) is 10.6 Å². The standard InChI is InChI=1S/C16H16N4O/c1-11-3-8-15(19-18)14(9-11)16(21)20(2)13-6-4-12(10-17)5-7-13/h3-9,19H,18H2,1-2H3. The van der Waals surface area contributed by atoms with E-state index in [1.807, 2.05) is 19.1 Å². The molecule has 0 fully saturated rings. The second-order valence-electron chi connectivity index (χ2n) is 4.72. The van der Waals surface area contributed by atoms with Crippen LogP contribution in [-0.2, 0) is 0 Å². The van der Waals surface area contributed by atoms with Crippen molar-refractivity contribution in [3.05, 3.63) is 59.2 Å². The van der Waals surface area contributed by atoms with Gasteiger partial charge in [-0.15, -0.1) is 0 Å². The Balaban J connectivity index is 2.34. The molecule has 1 amide bonds. The van der Waals surface area contributed by atoms with E-state index in [0.29, 0.717) is 22.5 Å². The third-order valence-corrected chi connectivity index (χ3v) is 3.25. The number of nitriles is 1. The molecule has 0 saturated heterocycles. The maximum absolute atomic E-state index is 12.6. The number of nitrogen functional groups attached to an aromatic ring is 1. The van der Waals surface area contributed by atoms with Gasteiger partial charge in [-0.25, -0.2) is 0 Å². The molecule has 106 valence electrons. The summed E-state index contributed by atoms with van der Waals surface area (Å²) in [5.41, 5.74) is 5.86. The monoisotopic (exact) mass is 280 g/mol. The summed E-state index contributed by atoms with van der Waals surface area (Å²) in [6.45, 7) is 1.92. The van der Waals surface area contributed by atoms with Crippen molar-refractivity contribution >= 4 is 17.3 Å². The zero-order valence-electron chi connectivity index (χ0n) is 11.9. The molecule has 2 aromatic rings. The van der Waals surface area contributed by atoms with Gasteiger partial charge in [0.15, 0.2) is 0 Å². The smallest absolute Gasteiger partial charge is 0.260 e. The van der Waals surface area contributed by atoms with Gasteiger partial charge in [0.2, 0.25) is 0 Å². The van der Waals surface area contributed by atoms with Crippen molar-refractivity contribution in [2.45, 2.75) is 6.92 Å². The summed E-state index contributed by atoms with van der Waals surface area (Å²) in [5, 5.41) is 8.80. The molecule has 0 heterocycles. The molecule has 5 heteroatoms. The Bertz CT molecular complexity index is 701. The molecular formula is C16H16N4O. The first kappa shape index (κ1) is 14.6.